The van der Waals surface area contributed by atoms with E-state index in [0.717, 1.165) is 15.4 Å². The first-order valence-electron chi connectivity index (χ1n) is 3.28. The van der Waals surface area contributed by atoms with Gasteiger partial charge in [-0.15, -0.1) is 0 Å². The minimum absolute atomic E-state index is 0.550. The first-order chi connectivity index (χ1) is 5.20. The van der Waals surface area contributed by atoms with Crippen LogP contribution in [0.2, 0.25) is 0 Å². The molecule has 0 unspecified atom stereocenters. The summed E-state index contributed by atoms with van der Waals surface area (Å²) in [6, 6.07) is 7.28. The highest BCUT2D eigenvalue weighted by atomic mass is 28.1. The predicted molar refractivity (Wildman–Crippen MR) is 46.8 cm³/mol. The van der Waals surface area contributed by atoms with Gasteiger partial charge in [0.1, 0.15) is 5.75 Å². The first kappa shape index (κ1) is 8.32. The van der Waals surface area contributed by atoms with Crippen LogP contribution in [0.1, 0.15) is 0 Å². The van der Waals surface area contributed by atoms with Crippen LogP contribution in [0.15, 0.2) is 24.3 Å². The summed E-state index contributed by atoms with van der Waals surface area (Å²) in [7, 11) is -0.884. The van der Waals surface area contributed by atoms with Crippen LogP contribution < -0.4 is 9.84 Å². The first-order valence-corrected chi connectivity index (χ1v) is 4.28. The molecule has 0 fully saturated rings. The summed E-state index contributed by atoms with van der Waals surface area (Å²) in [4.78, 5) is 0. The number of rotatable bonds is 2. The third-order valence-electron chi connectivity index (χ3n) is 1.33. The smallest absolute Gasteiger partial charge is 0.512 e. The van der Waals surface area contributed by atoms with Gasteiger partial charge < -0.3 is 14.7 Å². The van der Waals surface area contributed by atoms with Crippen LogP contribution in [0.3, 0.4) is 0 Å². The molecule has 0 aromatic heterocycles. The largest absolute Gasteiger partial charge is 0.707 e. The molecule has 2 N–H and O–H groups in total. The normalized spacial score (nSPS) is 9.64. The van der Waals surface area contributed by atoms with Gasteiger partial charge in [-0.1, -0.05) is 18.2 Å². The van der Waals surface area contributed by atoms with E-state index in [2.05, 4.69) is 0 Å². The predicted octanol–water partition coefficient (Wildman–Crippen LogP) is -1.97. The Morgan fingerprint density at radius 3 is 2.45 bits per heavy atom. The van der Waals surface area contributed by atoms with E-state index in [-0.39, 0.29) is 0 Å². The van der Waals surface area contributed by atoms with Gasteiger partial charge in [-0.3, -0.25) is 0 Å². The molecule has 58 valence electrons. The molecule has 0 saturated heterocycles. The van der Waals surface area contributed by atoms with Gasteiger partial charge in [-0.05, 0) is 11.3 Å². The lowest BCUT2D eigenvalue weighted by Crippen LogP contribution is -2.24. The standard InChI is InChI=1S/C6H9BO3Si/c8-7(9)10-5-3-1-2-4-6(5)11/h1-4,8-9H,11H3. The summed E-state index contributed by atoms with van der Waals surface area (Å²) in [6.45, 7) is 0. The van der Waals surface area contributed by atoms with E-state index in [1.165, 1.54) is 0 Å². The van der Waals surface area contributed by atoms with Gasteiger partial charge in [0, 0.05) is 10.2 Å². The monoisotopic (exact) mass is 168 g/mol. The van der Waals surface area contributed by atoms with Crippen molar-refractivity contribution in [2.24, 2.45) is 0 Å². The fourth-order valence-electron chi connectivity index (χ4n) is 0.802. The van der Waals surface area contributed by atoms with Crippen molar-refractivity contribution in [1.82, 2.24) is 0 Å². The number of para-hydroxylation sites is 1. The van der Waals surface area contributed by atoms with E-state index in [9.17, 15) is 0 Å². The van der Waals surface area contributed by atoms with Crippen molar-refractivity contribution in [3.8, 4) is 5.75 Å². The van der Waals surface area contributed by atoms with Crippen LogP contribution in [-0.2, 0) is 0 Å². The zero-order chi connectivity index (χ0) is 8.27. The molecule has 0 aliphatic rings. The van der Waals surface area contributed by atoms with Crippen molar-refractivity contribution < 1.29 is 14.7 Å². The molecule has 0 radical (unpaired) electrons. The van der Waals surface area contributed by atoms with Crippen molar-refractivity contribution in [2.45, 2.75) is 0 Å². The molecular weight excluding hydrogens is 159 g/mol. The Balaban J connectivity index is 2.78. The molecule has 0 aliphatic carbocycles. The lowest BCUT2D eigenvalue weighted by Gasteiger charge is -2.06. The zero-order valence-electron chi connectivity index (χ0n) is 6.19. The van der Waals surface area contributed by atoms with E-state index in [4.69, 9.17) is 14.7 Å². The summed E-state index contributed by atoms with van der Waals surface area (Å²) in [5.41, 5.74) is 0. The lowest BCUT2D eigenvalue weighted by molar-refractivity contribution is 0.289. The van der Waals surface area contributed by atoms with E-state index in [0.29, 0.717) is 5.75 Å². The lowest BCUT2D eigenvalue weighted by atomic mass is 10.2. The van der Waals surface area contributed by atoms with Crippen molar-refractivity contribution in [3.05, 3.63) is 24.3 Å². The van der Waals surface area contributed by atoms with Crippen molar-refractivity contribution in [3.63, 3.8) is 0 Å². The number of benzene rings is 1. The summed E-state index contributed by atoms with van der Waals surface area (Å²) in [6.07, 6.45) is 0. The van der Waals surface area contributed by atoms with Gasteiger partial charge in [0.2, 0.25) is 0 Å². The fraction of sp³-hybridized carbons (Fsp3) is 0. The molecule has 0 atom stereocenters. The molecule has 1 aromatic rings. The molecule has 0 bridgehead atoms. The average Bonchev–Trinajstić information content (AvgIpc) is 1.93. The highest BCUT2D eigenvalue weighted by Crippen LogP contribution is 2.04. The molecule has 0 amide bonds. The topological polar surface area (TPSA) is 49.7 Å². The third-order valence-corrected chi connectivity index (χ3v) is 2.15. The number of hydrogen-bond acceptors (Lipinski definition) is 3. The molecule has 3 nitrogen and oxygen atoms in total. The molecular formula is C6H9BO3Si. The maximum absolute atomic E-state index is 8.48. The Labute approximate surface area is 68.2 Å². The summed E-state index contributed by atoms with van der Waals surface area (Å²) in [5.74, 6) is 0.550. The molecule has 0 saturated carbocycles. The van der Waals surface area contributed by atoms with Gasteiger partial charge in [-0.25, -0.2) is 0 Å². The SMILES string of the molecule is OB(O)Oc1ccccc1[SiH3]. The van der Waals surface area contributed by atoms with Crippen LogP contribution in [-0.4, -0.2) is 27.6 Å². The quantitative estimate of drug-likeness (QED) is 0.503. The summed E-state index contributed by atoms with van der Waals surface area (Å²) < 4.78 is 4.69. The van der Waals surface area contributed by atoms with Crippen molar-refractivity contribution >= 4 is 22.8 Å². The molecule has 5 heteroatoms. The molecule has 0 heterocycles. The molecule has 11 heavy (non-hydrogen) atoms. The van der Waals surface area contributed by atoms with E-state index >= 15 is 0 Å². The summed E-state index contributed by atoms with van der Waals surface area (Å²) >= 11 is 0. The highest BCUT2D eigenvalue weighted by Gasteiger charge is 2.11. The van der Waals surface area contributed by atoms with Crippen LogP contribution in [0.25, 0.3) is 0 Å². The van der Waals surface area contributed by atoms with Crippen molar-refractivity contribution in [1.29, 1.82) is 0 Å². The molecule has 0 spiro atoms. The van der Waals surface area contributed by atoms with Crippen LogP contribution >= 0.6 is 0 Å². The Kier molecular flexibility index (Phi) is 2.70. The molecule has 1 aromatic carbocycles. The van der Waals surface area contributed by atoms with E-state index < -0.39 is 7.32 Å². The maximum Gasteiger partial charge on any atom is 0.707 e. The van der Waals surface area contributed by atoms with Crippen molar-refractivity contribution in [2.75, 3.05) is 0 Å². The Bertz CT molecular complexity index is 241. The van der Waals surface area contributed by atoms with E-state index in [1.807, 2.05) is 12.1 Å². The van der Waals surface area contributed by atoms with E-state index in [1.54, 1.807) is 12.1 Å². The second-order valence-corrected chi connectivity index (χ2v) is 3.29. The Hall–Kier alpha value is -0.778. The molecule has 1 rings (SSSR count). The minimum atomic E-state index is -1.72. The average molecular weight is 168 g/mol. The van der Waals surface area contributed by atoms with Crippen LogP contribution in [0, 0.1) is 0 Å². The second-order valence-electron chi connectivity index (χ2n) is 2.21. The Morgan fingerprint density at radius 1 is 1.27 bits per heavy atom. The van der Waals surface area contributed by atoms with Gasteiger partial charge in [0.15, 0.2) is 0 Å². The molecule has 0 aliphatic heterocycles. The minimum Gasteiger partial charge on any atom is -0.512 e. The third kappa shape index (κ3) is 2.38. The zero-order valence-corrected chi connectivity index (χ0v) is 8.19. The fourth-order valence-corrected chi connectivity index (χ4v) is 1.28. The van der Waals surface area contributed by atoms with Gasteiger partial charge in [0.25, 0.3) is 0 Å². The van der Waals surface area contributed by atoms with Gasteiger partial charge in [0.05, 0.1) is 0 Å². The highest BCUT2D eigenvalue weighted by molar-refractivity contribution is 6.37. The van der Waals surface area contributed by atoms with Gasteiger partial charge >= 0.3 is 7.32 Å². The second kappa shape index (κ2) is 3.57. The number of hydrogen-bond donors (Lipinski definition) is 2. The maximum atomic E-state index is 8.48. The van der Waals surface area contributed by atoms with Crippen LogP contribution in [0.5, 0.6) is 5.75 Å². The van der Waals surface area contributed by atoms with Gasteiger partial charge in [-0.2, -0.15) is 0 Å². The Morgan fingerprint density at radius 2 is 1.91 bits per heavy atom. The van der Waals surface area contributed by atoms with Crippen LogP contribution in [0.4, 0.5) is 0 Å². The summed E-state index contributed by atoms with van der Waals surface area (Å²) in [5, 5.41) is 18.0.